The van der Waals surface area contributed by atoms with Crippen molar-refractivity contribution in [2.45, 2.75) is 18.8 Å². The number of aliphatic imine (C=N–C) groups is 1. The number of amidine groups is 1. The zero-order valence-corrected chi connectivity index (χ0v) is 10.0. The van der Waals surface area contributed by atoms with Gasteiger partial charge in [0.05, 0.1) is 6.54 Å². The topological polar surface area (TPSA) is 33.6 Å². The molecule has 2 rings (SSSR count). The van der Waals surface area contributed by atoms with E-state index in [-0.39, 0.29) is 5.75 Å². The van der Waals surface area contributed by atoms with Gasteiger partial charge in [0.1, 0.15) is 5.75 Å². The van der Waals surface area contributed by atoms with Crippen molar-refractivity contribution in [3.63, 3.8) is 0 Å². The number of alkyl halides is 2. The molecule has 0 saturated heterocycles. The van der Waals surface area contributed by atoms with Crippen LogP contribution in [0.3, 0.4) is 0 Å². The third-order valence-corrected chi connectivity index (χ3v) is 3.14. The molecule has 1 unspecified atom stereocenters. The number of rotatable bonds is 3. The van der Waals surface area contributed by atoms with E-state index in [0.717, 1.165) is 17.4 Å². The number of hydrogen-bond acceptors (Lipinski definition) is 4. The average molecular weight is 258 g/mol. The summed E-state index contributed by atoms with van der Waals surface area (Å²) in [5.74, 6) is 0.153. The van der Waals surface area contributed by atoms with Gasteiger partial charge in [-0.3, -0.25) is 4.99 Å². The van der Waals surface area contributed by atoms with E-state index in [1.165, 1.54) is 12.1 Å². The molecule has 0 aromatic heterocycles. The highest BCUT2D eigenvalue weighted by atomic mass is 32.2. The van der Waals surface area contributed by atoms with Gasteiger partial charge in [-0.2, -0.15) is 8.78 Å². The van der Waals surface area contributed by atoms with Crippen molar-refractivity contribution in [2.24, 2.45) is 4.99 Å². The largest absolute Gasteiger partial charge is 0.435 e. The summed E-state index contributed by atoms with van der Waals surface area (Å²) in [5.41, 5.74) is 0.812. The minimum atomic E-state index is -2.79. The number of hydrogen-bond donors (Lipinski definition) is 1. The van der Waals surface area contributed by atoms with Gasteiger partial charge in [0.25, 0.3) is 0 Å². The summed E-state index contributed by atoms with van der Waals surface area (Å²) < 4.78 is 28.1. The van der Waals surface area contributed by atoms with Crippen LogP contribution < -0.4 is 10.1 Å². The van der Waals surface area contributed by atoms with Crippen LogP contribution in [0, 0.1) is 0 Å². The zero-order valence-electron chi connectivity index (χ0n) is 9.19. The maximum absolute atomic E-state index is 11.9. The third-order valence-electron chi connectivity index (χ3n) is 2.14. The van der Waals surface area contributed by atoms with Gasteiger partial charge in [-0.05, 0) is 24.3 Å². The van der Waals surface area contributed by atoms with Crippen LogP contribution in [0.1, 0.15) is 6.92 Å². The Hall–Kier alpha value is -1.30. The zero-order chi connectivity index (χ0) is 12.3. The molecule has 6 heteroatoms. The fourth-order valence-corrected chi connectivity index (χ4v) is 2.24. The second-order valence-electron chi connectivity index (χ2n) is 3.60. The molecule has 17 heavy (non-hydrogen) atoms. The van der Waals surface area contributed by atoms with E-state index in [1.807, 2.05) is 0 Å². The lowest BCUT2D eigenvalue weighted by atomic mass is 10.3. The number of halogens is 2. The number of ether oxygens (including phenoxy) is 1. The average Bonchev–Trinajstić information content (AvgIpc) is 2.66. The van der Waals surface area contributed by atoms with Gasteiger partial charge in [0.2, 0.25) is 0 Å². The summed E-state index contributed by atoms with van der Waals surface area (Å²) in [4.78, 5) is 4.30. The first-order valence-corrected chi connectivity index (χ1v) is 6.04. The molecular formula is C11H12F2N2OS. The molecule has 1 N–H and O–H groups in total. The molecule has 0 aliphatic carbocycles. The van der Waals surface area contributed by atoms with Crippen molar-refractivity contribution in [3.8, 4) is 5.75 Å². The Labute approximate surface area is 102 Å². The Morgan fingerprint density at radius 3 is 2.65 bits per heavy atom. The summed E-state index contributed by atoms with van der Waals surface area (Å²) in [6, 6.07) is 6.36. The monoisotopic (exact) mass is 258 g/mol. The van der Waals surface area contributed by atoms with Crippen LogP contribution in [0.5, 0.6) is 5.75 Å². The summed E-state index contributed by atoms with van der Waals surface area (Å²) in [7, 11) is 0. The van der Waals surface area contributed by atoms with Gasteiger partial charge < -0.3 is 10.1 Å². The molecule has 0 amide bonds. The van der Waals surface area contributed by atoms with Gasteiger partial charge >= 0.3 is 6.61 Å². The summed E-state index contributed by atoms with van der Waals surface area (Å²) >= 11 is 1.66. The maximum atomic E-state index is 11.9. The van der Waals surface area contributed by atoms with E-state index in [2.05, 4.69) is 22.0 Å². The fraction of sp³-hybridized carbons (Fsp3) is 0.364. The molecule has 0 saturated carbocycles. The van der Waals surface area contributed by atoms with Crippen molar-refractivity contribution in [2.75, 3.05) is 11.9 Å². The summed E-state index contributed by atoms with van der Waals surface area (Å²) in [6.07, 6.45) is 0. The number of anilines is 1. The molecule has 1 aromatic rings. The number of benzene rings is 1. The second kappa shape index (κ2) is 5.35. The van der Waals surface area contributed by atoms with E-state index in [1.54, 1.807) is 23.9 Å². The molecular weight excluding hydrogens is 246 g/mol. The molecule has 3 nitrogen and oxygen atoms in total. The summed E-state index contributed by atoms with van der Waals surface area (Å²) in [5, 5.41) is 4.47. The Bertz CT molecular complexity index is 408. The van der Waals surface area contributed by atoms with Crippen molar-refractivity contribution in [1.82, 2.24) is 0 Å². The molecule has 1 heterocycles. The van der Waals surface area contributed by atoms with E-state index in [4.69, 9.17) is 0 Å². The van der Waals surface area contributed by atoms with Crippen molar-refractivity contribution in [1.29, 1.82) is 0 Å². The van der Waals surface area contributed by atoms with Crippen molar-refractivity contribution < 1.29 is 13.5 Å². The van der Waals surface area contributed by atoms with Crippen LogP contribution in [-0.2, 0) is 0 Å². The molecule has 1 atom stereocenters. The van der Waals surface area contributed by atoms with Gasteiger partial charge in [-0.25, -0.2) is 0 Å². The lowest BCUT2D eigenvalue weighted by molar-refractivity contribution is -0.0498. The molecule has 0 spiro atoms. The van der Waals surface area contributed by atoms with Gasteiger partial charge in [-0.1, -0.05) is 18.7 Å². The highest BCUT2D eigenvalue weighted by Gasteiger charge is 2.14. The van der Waals surface area contributed by atoms with Crippen LogP contribution in [-0.4, -0.2) is 23.6 Å². The highest BCUT2D eigenvalue weighted by Crippen LogP contribution is 2.23. The van der Waals surface area contributed by atoms with Crippen LogP contribution in [0.15, 0.2) is 29.3 Å². The van der Waals surface area contributed by atoms with E-state index < -0.39 is 6.61 Å². The SMILES string of the molecule is CC1CN=C(Nc2ccc(OC(F)F)cc2)S1. The molecule has 0 radical (unpaired) electrons. The van der Waals surface area contributed by atoms with Crippen LogP contribution in [0.2, 0.25) is 0 Å². The van der Waals surface area contributed by atoms with E-state index in [0.29, 0.717) is 5.25 Å². The van der Waals surface area contributed by atoms with Crippen molar-refractivity contribution >= 4 is 22.6 Å². The first-order valence-electron chi connectivity index (χ1n) is 5.16. The smallest absolute Gasteiger partial charge is 0.387 e. The number of nitrogens with one attached hydrogen (secondary N) is 1. The lowest BCUT2D eigenvalue weighted by Gasteiger charge is -2.08. The Balaban J connectivity index is 1.94. The molecule has 0 bridgehead atoms. The predicted molar refractivity (Wildman–Crippen MR) is 66.1 cm³/mol. The number of thioether (sulfide) groups is 1. The molecule has 1 aliphatic heterocycles. The van der Waals surface area contributed by atoms with Crippen molar-refractivity contribution in [3.05, 3.63) is 24.3 Å². The number of nitrogens with zero attached hydrogens (tertiary/aromatic N) is 1. The van der Waals surface area contributed by atoms with Gasteiger partial charge in [-0.15, -0.1) is 0 Å². The standard InChI is InChI=1S/C11H12F2N2OS/c1-7-6-14-11(17-7)15-8-2-4-9(5-3-8)16-10(12)13/h2-5,7,10H,6H2,1H3,(H,14,15). The molecule has 1 aromatic carbocycles. The van der Waals surface area contributed by atoms with E-state index >= 15 is 0 Å². The highest BCUT2D eigenvalue weighted by molar-refractivity contribution is 8.15. The minimum absolute atomic E-state index is 0.153. The maximum Gasteiger partial charge on any atom is 0.387 e. The third kappa shape index (κ3) is 3.59. The fourth-order valence-electron chi connectivity index (χ4n) is 1.39. The van der Waals surface area contributed by atoms with Crippen LogP contribution >= 0.6 is 11.8 Å². The summed E-state index contributed by atoms with van der Waals surface area (Å²) in [6.45, 7) is 0.117. The van der Waals surface area contributed by atoms with Gasteiger partial charge in [0, 0.05) is 10.9 Å². The Kier molecular flexibility index (Phi) is 3.83. The molecule has 1 aliphatic rings. The molecule has 0 fully saturated rings. The minimum Gasteiger partial charge on any atom is -0.435 e. The first kappa shape index (κ1) is 12.2. The Morgan fingerprint density at radius 1 is 1.41 bits per heavy atom. The van der Waals surface area contributed by atoms with Crippen LogP contribution in [0.25, 0.3) is 0 Å². The normalized spacial score (nSPS) is 19.3. The predicted octanol–water partition coefficient (Wildman–Crippen LogP) is 3.19. The first-order chi connectivity index (χ1) is 8.13. The Morgan fingerprint density at radius 2 is 2.12 bits per heavy atom. The van der Waals surface area contributed by atoms with Gasteiger partial charge in [0.15, 0.2) is 5.17 Å². The van der Waals surface area contributed by atoms with Crippen LogP contribution in [0.4, 0.5) is 14.5 Å². The second-order valence-corrected chi connectivity index (χ2v) is 5.03. The van der Waals surface area contributed by atoms with E-state index in [9.17, 15) is 8.78 Å². The quantitative estimate of drug-likeness (QED) is 0.904. The lowest BCUT2D eigenvalue weighted by Crippen LogP contribution is -2.06. The molecule has 92 valence electrons.